The molecule has 0 aliphatic heterocycles. The number of aryl methyl sites for hydroxylation is 1. The second kappa shape index (κ2) is 10.0. The fourth-order valence-electron chi connectivity index (χ4n) is 2.85. The van der Waals surface area contributed by atoms with Crippen molar-refractivity contribution in [3.63, 3.8) is 0 Å². The second-order valence-electron chi connectivity index (χ2n) is 6.63. The van der Waals surface area contributed by atoms with Gasteiger partial charge in [-0.1, -0.05) is 67.6 Å². The van der Waals surface area contributed by atoms with Gasteiger partial charge in [0.2, 0.25) is 11.1 Å². The molecule has 0 saturated heterocycles. The molecule has 1 atom stereocenters. The molecule has 0 saturated carbocycles. The van der Waals surface area contributed by atoms with Crippen molar-refractivity contribution in [3.05, 3.63) is 65.7 Å². The maximum atomic E-state index is 12.3. The Bertz CT molecular complexity index is 879. The van der Waals surface area contributed by atoms with Gasteiger partial charge in [-0.05, 0) is 53.5 Å². The summed E-state index contributed by atoms with van der Waals surface area (Å²) in [5.41, 5.74) is 3.28. The fraction of sp³-hybridized carbons (Fsp3) is 0.333. The van der Waals surface area contributed by atoms with Crippen molar-refractivity contribution in [3.8, 4) is 5.69 Å². The van der Waals surface area contributed by atoms with Gasteiger partial charge < -0.3 is 5.32 Å². The first kappa shape index (κ1) is 20.1. The van der Waals surface area contributed by atoms with Crippen LogP contribution in [0.4, 0.5) is 0 Å². The number of amides is 1. The summed E-state index contributed by atoms with van der Waals surface area (Å²) >= 11 is 1.33. The van der Waals surface area contributed by atoms with Gasteiger partial charge >= 0.3 is 0 Å². The van der Waals surface area contributed by atoms with Crippen LogP contribution in [0.1, 0.15) is 43.9 Å². The lowest BCUT2D eigenvalue weighted by atomic mass is 10.1. The van der Waals surface area contributed by atoms with E-state index in [2.05, 4.69) is 39.9 Å². The lowest BCUT2D eigenvalue weighted by molar-refractivity contribution is -0.119. The van der Waals surface area contributed by atoms with Crippen LogP contribution in [-0.2, 0) is 11.2 Å². The maximum absolute atomic E-state index is 12.3. The maximum Gasteiger partial charge on any atom is 0.230 e. The third kappa shape index (κ3) is 5.42. The van der Waals surface area contributed by atoms with Gasteiger partial charge in [-0.15, -0.1) is 5.10 Å². The van der Waals surface area contributed by atoms with Crippen LogP contribution in [0.25, 0.3) is 5.69 Å². The Morgan fingerprint density at radius 3 is 2.61 bits per heavy atom. The average molecular weight is 396 g/mol. The topological polar surface area (TPSA) is 72.7 Å². The van der Waals surface area contributed by atoms with Crippen molar-refractivity contribution in [2.45, 2.75) is 44.3 Å². The molecule has 0 spiro atoms. The molecule has 0 unspecified atom stereocenters. The van der Waals surface area contributed by atoms with Crippen molar-refractivity contribution < 1.29 is 4.79 Å². The Labute approximate surface area is 169 Å². The monoisotopic (exact) mass is 395 g/mol. The molecule has 146 valence electrons. The Kier molecular flexibility index (Phi) is 7.19. The minimum Gasteiger partial charge on any atom is -0.349 e. The van der Waals surface area contributed by atoms with E-state index in [1.807, 2.05) is 49.4 Å². The second-order valence-corrected chi connectivity index (χ2v) is 7.57. The Balaban J connectivity index is 1.57. The minimum atomic E-state index is -0.0502. The highest BCUT2D eigenvalue weighted by atomic mass is 32.2. The summed E-state index contributed by atoms with van der Waals surface area (Å²) in [5.74, 6) is 0.206. The van der Waals surface area contributed by atoms with Crippen molar-refractivity contribution >= 4 is 17.7 Å². The molecule has 6 nitrogen and oxygen atoms in total. The molecule has 0 aliphatic carbocycles. The third-order valence-electron chi connectivity index (χ3n) is 4.45. The summed E-state index contributed by atoms with van der Waals surface area (Å²) in [5, 5.41) is 15.5. The van der Waals surface area contributed by atoms with Crippen LogP contribution in [0.3, 0.4) is 0 Å². The van der Waals surface area contributed by atoms with E-state index in [-0.39, 0.29) is 17.7 Å². The van der Waals surface area contributed by atoms with E-state index in [0.29, 0.717) is 5.16 Å². The lowest BCUT2D eigenvalue weighted by Gasteiger charge is -2.14. The van der Waals surface area contributed by atoms with Gasteiger partial charge in [0.15, 0.2) is 0 Å². The molecule has 3 rings (SSSR count). The quantitative estimate of drug-likeness (QED) is 0.555. The first-order valence-corrected chi connectivity index (χ1v) is 10.5. The van der Waals surface area contributed by atoms with Gasteiger partial charge in [-0.3, -0.25) is 4.79 Å². The zero-order valence-corrected chi connectivity index (χ0v) is 17.0. The average Bonchev–Trinajstić information content (AvgIpc) is 3.20. The summed E-state index contributed by atoms with van der Waals surface area (Å²) in [6.45, 7) is 4.16. The van der Waals surface area contributed by atoms with Gasteiger partial charge in [0, 0.05) is 0 Å². The molecule has 0 bridgehead atoms. The van der Waals surface area contributed by atoms with Crippen LogP contribution in [0, 0.1) is 0 Å². The number of rotatable bonds is 9. The number of unbranched alkanes of at least 4 members (excludes halogenated alkanes) is 1. The molecular formula is C21H25N5OS. The molecule has 0 fully saturated rings. The number of tetrazole rings is 1. The molecule has 7 heteroatoms. The minimum absolute atomic E-state index is 0.0408. The van der Waals surface area contributed by atoms with Gasteiger partial charge in [-0.2, -0.15) is 4.68 Å². The van der Waals surface area contributed by atoms with E-state index in [1.54, 1.807) is 4.68 Å². The number of hydrogen-bond donors (Lipinski definition) is 1. The fourth-order valence-corrected chi connectivity index (χ4v) is 3.56. The number of carbonyl (C=O) groups is 1. The highest BCUT2D eigenvalue weighted by Crippen LogP contribution is 2.19. The van der Waals surface area contributed by atoms with Crippen molar-refractivity contribution in [1.29, 1.82) is 0 Å². The predicted molar refractivity (Wildman–Crippen MR) is 111 cm³/mol. The van der Waals surface area contributed by atoms with E-state index in [0.717, 1.165) is 17.7 Å². The molecule has 3 aromatic rings. The zero-order chi connectivity index (χ0) is 19.8. The first-order chi connectivity index (χ1) is 13.7. The predicted octanol–water partition coefficient (Wildman–Crippen LogP) is 3.97. The number of hydrogen-bond acceptors (Lipinski definition) is 5. The summed E-state index contributed by atoms with van der Waals surface area (Å²) in [6, 6.07) is 18.1. The largest absolute Gasteiger partial charge is 0.349 e. The molecule has 1 amide bonds. The molecule has 1 N–H and O–H groups in total. The first-order valence-electron chi connectivity index (χ1n) is 9.52. The molecule has 0 radical (unpaired) electrons. The van der Waals surface area contributed by atoms with E-state index in [4.69, 9.17) is 0 Å². The SMILES string of the molecule is CCCCc1ccc(-n2nnnc2SCC(=O)N[C@H](C)c2ccccc2)cc1. The van der Waals surface area contributed by atoms with E-state index in [1.165, 1.54) is 30.2 Å². The number of nitrogens with one attached hydrogen (secondary N) is 1. The molecule has 1 heterocycles. The Morgan fingerprint density at radius 2 is 1.89 bits per heavy atom. The summed E-state index contributed by atoms with van der Waals surface area (Å²) in [6.07, 6.45) is 3.44. The molecule has 1 aromatic heterocycles. The molecule has 2 aromatic carbocycles. The van der Waals surface area contributed by atoms with Crippen molar-refractivity contribution in [2.75, 3.05) is 5.75 Å². The normalized spacial score (nSPS) is 11.9. The van der Waals surface area contributed by atoms with Crippen molar-refractivity contribution in [1.82, 2.24) is 25.5 Å². The van der Waals surface area contributed by atoms with Gasteiger partial charge in [0.25, 0.3) is 0 Å². The highest BCUT2D eigenvalue weighted by Gasteiger charge is 2.14. The number of aromatic nitrogens is 4. The molecular weight excluding hydrogens is 370 g/mol. The third-order valence-corrected chi connectivity index (χ3v) is 5.37. The molecule has 28 heavy (non-hydrogen) atoms. The zero-order valence-electron chi connectivity index (χ0n) is 16.2. The number of nitrogens with zero attached hydrogens (tertiary/aromatic N) is 4. The number of thioether (sulfide) groups is 1. The Morgan fingerprint density at radius 1 is 1.14 bits per heavy atom. The van der Waals surface area contributed by atoms with Gasteiger partial charge in [-0.25, -0.2) is 0 Å². The smallest absolute Gasteiger partial charge is 0.230 e. The van der Waals surface area contributed by atoms with E-state index >= 15 is 0 Å². The van der Waals surface area contributed by atoms with Crippen LogP contribution < -0.4 is 5.32 Å². The standard InChI is InChI=1S/C21H25N5OS/c1-3-4-8-17-11-13-19(14-12-17)26-21(23-24-25-26)28-15-20(27)22-16(2)18-9-6-5-7-10-18/h5-7,9-14,16H,3-4,8,15H2,1-2H3,(H,22,27)/t16-/m1/s1. The van der Waals surface area contributed by atoms with Crippen molar-refractivity contribution in [2.24, 2.45) is 0 Å². The summed E-state index contributed by atoms with van der Waals surface area (Å²) < 4.78 is 1.67. The number of carbonyl (C=O) groups excluding carboxylic acids is 1. The molecule has 0 aliphatic rings. The van der Waals surface area contributed by atoms with Crippen LogP contribution in [0.15, 0.2) is 59.8 Å². The van der Waals surface area contributed by atoms with Gasteiger partial charge in [0.05, 0.1) is 17.5 Å². The van der Waals surface area contributed by atoms with Crippen LogP contribution >= 0.6 is 11.8 Å². The van der Waals surface area contributed by atoms with E-state index in [9.17, 15) is 4.79 Å². The Hall–Kier alpha value is -2.67. The summed E-state index contributed by atoms with van der Waals surface area (Å²) in [7, 11) is 0. The highest BCUT2D eigenvalue weighted by molar-refractivity contribution is 7.99. The van der Waals surface area contributed by atoms with Crippen LogP contribution in [0.2, 0.25) is 0 Å². The van der Waals surface area contributed by atoms with Gasteiger partial charge in [0.1, 0.15) is 0 Å². The van der Waals surface area contributed by atoms with Crippen LogP contribution in [0.5, 0.6) is 0 Å². The van der Waals surface area contributed by atoms with E-state index < -0.39 is 0 Å². The lowest BCUT2D eigenvalue weighted by Crippen LogP contribution is -2.28. The number of benzene rings is 2. The van der Waals surface area contributed by atoms with Crippen LogP contribution in [-0.4, -0.2) is 31.9 Å². The summed E-state index contributed by atoms with van der Waals surface area (Å²) in [4.78, 5) is 12.3.